The SMILES string of the molecule is CCOc1cc(/C=C2/SC(=S)N(c3ccccc3)C2=O)cc(Br)c1OCC(=O)Nc1ccc(F)cc1. The summed E-state index contributed by atoms with van der Waals surface area (Å²) in [5, 5.41) is 2.64. The third-order valence-electron chi connectivity index (χ3n) is 4.91. The van der Waals surface area contributed by atoms with E-state index in [0.29, 0.717) is 48.7 Å². The van der Waals surface area contributed by atoms with Crippen LogP contribution in [0.1, 0.15) is 12.5 Å². The van der Waals surface area contributed by atoms with Crippen LogP contribution in [0.5, 0.6) is 11.5 Å². The van der Waals surface area contributed by atoms with Gasteiger partial charge in [0.15, 0.2) is 22.4 Å². The maximum atomic E-state index is 13.1. The Hall–Kier alpha value is -3.21. The summed E-state index contributed by atoms with van der Waals surface area (Å²) in [4.78, 5) is 27.3. The second kappa shape index (κ2) is 11.7. The number of thiocarbonyl (C=S) groups is 1. The van der Waals surface area contributed by atoms with Crippen molar-refractivity contribution in [2.24, 2.45) is 0 Å². The molecule has 10 heteroatoms. The molecule has 0 aromatic heterocycles. The zero-order valence-electron chi connectivity index (χ0n) is 19.0. The van der Waals surface area contributed by atoms with E-state index in [1.54, 1.807) is 18.2 Å². The van der Waals surface area contributed by atoms with Crippen LogP contribution in [-0.2, 0) is 9.59 Å². The van der Waals surface area contributed by atoms with Crippen molar-refractivity contribution in [1.29, 1.82) is 0 Å². The normalized spacial score (nSPS) is 14.3. The predicted octanol–water partition coefficient (Wildman–Crippen LogP) is 6.41. The number of halogens is 2. The van der Waals surface area contributed by atoms with Gasteiger partial charge in [0.1, 0.15) is 5.82 Å². The molecule has 1 aliphatic heterocycles. The van der Waals surface area contributed by atoms with Crippen molar-refractivity contribution in [3.8, 4) is 11.5 Å². The molecule has 1 heterocycles. The summed E-state index contributed by atoms with van der Waals surface area (Å²) in [5.41, 5.74) is 1.86. The van der Waals surface area contributed by atoms with Crippen LogP contribution >= 0.6 is 39.9 Å². The zero-order valence-corrected chi connectivity index (χ0v) is 22.2. The van der Waals surface area contributed by atoms with Crippen LogP contribution in [0.2, 0.25) is 0 Å². The number of rotatable bonds is 8. The summed E-state index contributed by atoms with van der Waals surface area (Å²) in [7, 11) is 0. The zero-order chi connectivity index (χ0) is 25.7. The fraction of sp³-hybridized carbons (Fsp3) is 0.115. The van der Waals surface area contributed by atoms with E-state index in [0.717, 1.165) is 0 Å². The molecule has 0 radical (unpaired) electrons. The third kappa shape index (κ3) is 6.13. The average Bonchev–Trinajstić information content (AvgIpc) is 3.13. The van der Waals surface area contributed by atoms with Gasteiger partial charge >= 0.3 is 0 Å². The van der Waals surface area contributed by atoms with Gasteiger partial charge in [0.25, 0.3) is 11.8 Å². The van der Waals surface area contributed by atoms with Crippen LogP contribution in [0.3, 0.4) is 0 Å². The van der Waals surface area contributed by atoms with Crippen LogP contribution in [0.25, 0.3) is 6.08 Å². The van der Waals surface area contributed by atoms with Gasteiger partial charge < -0.3 is 14.8 Å². The largest absolute Gasteiger partial charge is 0.490 e. The van der Waals surface area contributed by atoms with Gasteiger partial charge in [-0.1, -0.05) is 42.2 Å². The van der Waals surface area contributed by atoms with Gasteiger partial charge in [-0.3, -0.25) is 14.5 Å². The molecule has 4 rings (SSSR count). The van der Waals surface area contributed by atoms with Gasteiger partial charge in [-0.05, 0) is 83.0 Å². The number of ether oxygens (including phenoxy) is 2. The van der Waals surface area contributed by atoms with Gasteiger partial charge in [0.2, 0.25) is 0 Å². The Morgan fingerprint density at radius 3 is 2.56 bits per heavy atom. The highest BCUT2D eigenvalue weighted by Crippen LogP contribution is 2.40. The molecule has 0 unspecified atom stereocenters. The molecule has 2 amide bonds. The first-order chi connectivity index (χ1) is 17.4. The van der Waals surface area contributed by atoms with Gasteiger partial charge in [0, 0.05) is 5.69 Å². The maximum absolute atomic E-state index is 13.1. The quantitative estimate of drug-likeness (QED) is 0.243. The minimum Gasteiger partial charge on any atom is -0.490 e. The third-order valence-corrected chi connectivity index (χ3v) is 6.80. The summed E-state index contributed by atoms with van der Waals surface area (Å²) in [6.45, 7) is 1.91. The van der Waals surface area contributed by atoms with Crippen LogP contribution < -0.4 is 19.7 Å². The highest BCUT2D eigenvalue weighted by Gasteiger charge is 2.33. The molecule has 36 heavy (non-hydrogen) atoms. The second-order valence-electron chi connectivity index (χ2n) is 7.46. The Balaban J connectivity index is 1.51. The topological polar surface area (TPSA) is 67.9 Å². The molecule has 0 spiro atoms. The lowest BCUT2D eigenvalue weighted by Crippen LogP contribution is -2.27. The monoisotopic (exact) mass is 586 g/mol. The lowest BCUT2D eigenvalue weighted by atomic mass is 10.1. The van der Waals surface area contributed by atoms with Gasteiger partial charge in [-0.25, -0.2) is 4.39 Å². The number of para-hydroxylation sites is 1. The highest BCUT2D eigenvalue weighted by molar-refractivity contribution is 9.10. The molecule has 0 aliphatic carbocycles. The van der Waals surface area contributed by atoms with Crippen molar-refractivity contribution in [2.45, 2.75) is 6.92 Å². The summed E-state index contributed by atoms with van der Waals surface area (Å²) in [6.07, 6.45) is 1.74. The highest BCUT2D eigenvalue weighted by atomic mass is 79.9. The molecule has 1 fully saturated rings. The van der Waals surface area contributed by atoms with Gasteiger partial charge in [0.05, 0.1) is 21.7 Å². The summed E-state index contributed by atoms with van der Waals surface area (Å²) < 4.78 is 25.5. The van der Waals surface area contributed by atoms with Crippen molar-refractivity contribution in [1.82, 2.24) is 0 Å². The molecule has 1 saturated heterocycles. The number of nitrogens with one attached hydrogen (secondary N) is 1. The molecular formula is C26H20BrFN2O4S2. The number of carbonyl (C=O) groups is 2. The van der Waals surface area contributed by atoms with E-state index in [1.165, 1.54) is 40.9 Å². The molecule has 3 aromatic rings. The van der Waals surface area contributed by atoms with Crippen molar-refractivity contribution < 1.29 is 23.5 Å². The van der Waals surface area contributed by atoms with E-state index >= 15 is 0 Å². The van der Waals surface area contributed by atoms with E-state index in [1.807, 2.05) is 37.3 Å². The van der Waals surface area contributed by atoms with Crippen LogP contribution in [0, 0.1) is 5.82 Å². The van der Waals surface area contributed by atoms with E-state index in [9.17, 15) is 14.0 Å². The molecule has 0 bridgehead atoms. The Kier molecular flexibility index (Phi) is 8.40. The molecule has 3 aromatic carbocycles. The number of anilines is 2. The van der Waals surface area contributed by atoms with E-state index < -0.39 is 11.7 Å². The minimum absolute atomic E-state index is 0.205. The lowest BCUT2D eigenvalue weighted by molar-refractivity contribution is -0.118. The summed E-state index contributed by atoms with van der Waals surface area (Å²) in [6, 6.07) is 18.2. The number of benzene rings is 3. The van der Waals surface area contributed by atoms with Crippen molar-refractivity contribution in [3.05, 3.63) is 87.5 Å². The van der Waals surface area contributed by atoms with Crippen molar-refractivity contribution >= 4 is 73.5 Å². The van der Waals surface area contributed by atoms with Crippen LogP contribution in [-0.4, -0.2) is 29.3 Å². The lowest BCUT2D eigenvalue weighted by Gasteiger charge is -2.15. The van der Waals surface area contributed by atoms with E-state index in [2.05, 4.69) is 21.2 Å². The van der Waals surface area contributed by atoms with Gasteiger partial charge in [-0.2, -0.15) is 0 Å². The number of thioether (sulfide) groups is 1. The summed E-state index contributed by atoms with van der Waals surface area (Å²) >= 11 is 10.1. The molecule has 1 N–H and O–H groups in total. The van der Waals surface area contributed by atoms with Crippen molar-refractivity contribution in [2.75, 3.05) is 23.4 Å². The number of hydrogen-bond acceptors (Lipinski definition) is 6. The molecule has 1 aliphatic rings. The first-order valence-electron chi connectivity index (χ1n) is 10.8. The van der Waals surface area contributed by atoms with Gasteiger partial charge in [-0.15, -0.1) is 0 Å². The molecular weight excluding hydrogens is 567 g/mol. The second-order valence-corrected chi connectivity index (χ2v) is 9.99. The first kappa shape index (κ1) is 25.9. The summed E-state index contributed by atoms with van der Waals surface area (Å²) in [5.74, 6) is -0.254. The van der Waals surface area contributed by atoms with Crippen LogP contribution in [0.15, 0.2) is 76.1 Å². The maximum Gasteiger partial charge on any atom is 0.270 e. The number of hydrogen-bond donors (Lipinski definition) is 1. The Morgan fingerprint density at radius 2 is 1.86 bits per heavy atom. The molecule has 184 valence electrons. The number of amides is 2. The minimum atomic E-state index is -0.412. The Labute approximate surface area is 225 Å². The van der Waals surface area contributed by atoms with Crippen molar-refractivity contribution in [3.63, 3.8) is 0 Å². The first-order valence-corrected chi connectivity index (χ1v) is 12.8. The predicted molar refractivity (Wildman–Crippen MR) is 148 cm³/mol. The molecule has 0 atom stereocenters. The molecule has 0 saturated carbocycles. The number of nitrogens with zero attached hydrogens (tertiary/aromatic N) is 1. The number of carbonyl (C=O) groups excluding carboxylic acids is 2. The standard InChI is InChI=1S/C26H20BrFN2O4S2/c1-2-33-21-13-16(14-22-25(32)30(26(35)36-22)19-6-4-3-5-7-19)12-20(27)24(21)34-15-23(31)29-18-10-8-17(28)9-11-18/h3-14H,2,15H2,1H3,(H,29,31)/b22-14+. The van der Waals surface area contributed by atoms with Crippen LogP contribution in [0.4, 0.5) is 15.8 Å². The van der Waals surface area contributed by atoms with E-state index in [-0.39, 0.29) is 12.5 Å². The average molecular weight is 587 g/mol. The molecule has 6 nitrogen and oxygen atoms in total. The smallest absolute Gasteiger partial charge is 0.270 e. The van der Waals surface area contributed by atoms with E-state index in [4.69, 9.17) is 21.7 Å². The fourth-order valence-corrected chi connectivity index (χ4v) is 5.23. The Bertz CT molecular complexity index is 1330. The Morgan fingerprint density at radius 1 is 1.14 bits per heavy atom. The fourth-order valence-electron chi connectivity index (χ4n) is 3.36.